The molecule has 1 aromatic carbocycles. The van der Waals surface area contributed by atoms with Crippen LogP contribution in [0, 0.1) is 0 Å². The molecule has 0 bridgehead atoms. The molecule has 3 rings (SSSR count). The Kier molecular flexibility index (Phi) is 4.91. The Hall–Kier alpha value is -2.36. The van der Waals surface area contributed by atoms with E-state index in [-0.39, 0.29) is 5.91 Å². The normalized spacial score (nSPS) is 14.6. The summed E-state index contributed by atoms with van der Waals surface area (Å²) in [5, 5.41) is 0. The van der Waals surface area contributed by atoms with Crippen LogP contribution in [0.5, 0.6) is 0 Å². The molecule has 120 valence electrons. The van der Waals surface area contributed by atoms with Crippen molar-refractivity contribution in [1.82, 2.24) is 9.88 Å². The number of pyridine rings is 1. The number of hydrogen-bond donors (Lipinski definition) is 0. The molecule has 4 nitrogen and oxygen atoms in total. The summed E-state index contributed by atoms with van der Waals surface area (Å²) in [5.74, 6) is -0.00166. The molecular weight excluding hydrogens is 286 g/mol. The molecule has 1 aromatic heterocycles. The van der Waals surface area contributed by atoms with Crippen LogP contribution in [0.1, 0.15) is 35.2 Å². The van der Waals surface area contributed by atoms with E-state index in [0.29, 0.717) is 12.1 Å². The average molecular weight is 309 g/mol. The fraction of sp³-hybridized carbons (Fsp3) is 0.368. The van der Waals surface area contributed by atoms with Crippen molar-refractivity contribution in [3.63, 3.8) is 0 Å². The van der Waals surface area contributed by atoms with Gasteiger partial charge < -0.3 is 9.80 Å². The van der Waals surface area contributed by atoms with Crippen molar-refractivity contribution in [2.24, 2.45) is 0 Å². The number of carbonyl (C=O) groups is 1. The highest BCUT2D eigenvalue weighted by atomic mass is 16.2. The van der Waals surface area contributed by atoms with E-state index in [4.69, 9.17) is 0 Å². The maximum atomic E-state index is 12.3. The molecule has 0 aliphatic carbocycles. The number of benzene rings is 1. The first-order valence-electron chi connectivity index (χ1n) is 8.23. The van der Waals surface area contributed by atoms with Crippen LogP contribution in [0.2, 0.25) is 0 Å². The fourth-order valence-corrected chi connectivity index (χ4v) is 3.02. The van der Waals surface area contributed by atoms with Crippen LogP contribution in [0.25, 0.3) is 0 Å². The van der Waals surface area contributed by atoms with Gasteiger partial charge in [-0.1, -0.05) is 12.1 Å². The van der Waals surface area contributed by atoms with Gasteiger partial charge in [0.05, 0.1) is 5.56 Å². The quantitative estimate of drug-likeness (QED) is 0.869. The minimum atomic E-state index is -0.00166. The lowest BCUT2D eigenvalue weighted by Gasteiger charge is -2.29. The van der Waals surface area contributed by atoms with Gasteiger partial charge in [-0.2, -0.15) is 0 Å². The van der Waals surface area contributed by atoms with Gasteiger partial charge in [-0.15, -0.1) is 0 Å². The van der Waals surface area contributed by atoms with Gasteiger partial charge >= 0.3 is 0 Å². The Morgan fingerprint density at radius 1 is 1.13 bits per heavy atom. The number of aromatic nitrogens is 1. The van der Waals surface area contributed by atoms with Gasteiger partial charge in [-0.05, 0) is 49.1 Å². The number of anilines is 1. The highest BCUT2D eigenvalue weighted by molar-refractivity contribution is 5.93. The topological polar surface area (TPSA) is 36.4 Å². The zero-order valence-corrected chi connectivity index (χ0v) is 13.6. The molecule has 1 amide bonds. The Morgan fingerprint density at radius 3 is 2.52 bits per heavy atom. The third kappa shape index (κ3) is 3.89. The molecule has 2 heterocycles. The molecular formula is C19H23N3O. The molecule has 2 aromatic rings. The van der Waals surface area contributed by atoms with Crippen LogP contribution in [-0.4, -0.2) is 35.9 Å². The number of nitrogens with zero attached hydrogens (tertiary/aromatic N) is 3. The smallest absolute Gasteiger partial charge is 0.255 e. The van der Waals surface area contributed by atoms with Gasteiger partial charge in [0.15, 0.2) is 0 Å². The van der Waals surface area contributed by atoms with Crippen LogP contribution in [0.3, 0.4) is 0 Å². The third-order valence-electron chi connectivity index (χ3n) is 4.33. The minimum absolute atomic E-state index is 0.00166. The highest BCUT2D eigenvalue weighted by Crippen LogP contribution is 2.20. The second kappa shape index (κ2) is 7.27. The molecule has 0 saturated carbocycles. The summed E-state index contributed by atoms with van der Waals surface area (Å²) in [6.07, 6.45) is 7.19. The lowest BCUT2D eigenvalue weighted by Crippen LogP contribution is -2.29. The van der Waals surface area contributed by atoms with E-state index < -0.39 is 0 Å². The molecule has 1 aliphatic rings. The summed E-state index contributed by atoms with van der Waals surface area (Å²) in [6, 6.07) is 12.2. The van der Waals surface area contributed by atoms with E-state index in [2.05, 4.69) is 34.1 Å². The fourth-order valence-electron chi connectivity index (χ4n) is 3.02. The summed E-state index contributed by atoms with van der Waals surface area (Å²) >= 11 is 0. The molecule has 4 heteroatoms. The molecule has 0 N–H and O–H groups in total. The number of amides is 1. The Bertz CT molecular complexity index is 633. The van der Waals surface area contributed by atoms with E-state index in [1.165, 1.54) is 24.9 Å². The standard InChI is InChI=1S/C19H23N3O/c1-21(19(23)17-6-5-11-20-14-17)15-16-7-9-18(10-8-16)22-12-3-2-4-13-22/h5-11,14H,2-4,12-13,15H2,1H3. The van der Waals surface area contributed by atoms with Gasteiger partial charge in [0.1, 0.15) is 0 Å². The van der Waals surface area contributed by atoms with E-state index in [1.807, 2.05) is 7.05 Å². The van der Waals surface area contributed by atoms with Crippen molar-refractivity contribution in [3.05, 3.63) is 59.9 Å². The predicted octanol–water partition coefficient (Wildman–Crippen LogP) is 3.34. The van der Waals surface area contributed by atoms with Crippen LogP contribution >= 0.6 is 0 Å². The zero-order chi connectivity index (χ0) is 16.1. The first-order chi connectivity index (χ1) is 11.2. The molecule has 0 unspecified atom stereocenters. The number of carbonyl (C=O) groups excluding carboxylic acids is 1. The largest absolute Gasteiger partial charge is 0.372 e. The SMILES string of the molecule is CN(Cc1ccc(N2CCCCC2)cc1)C(=O)c1cccnc1. The Labute approximate surface area is 137 Å². The van der Waals surface area contributed by atoms with E-state index >= 15 is 0 Å². The molecule has 23 heavy (non-hydrogen) atoms. The van der Waals surface area contributed by atoms with Gasteiger partial charge in [0.2, 0.25) is 0 Å². The summed E-state index contributed by atoms with van der Waals surface area (Å²) in [4.78, 5) is 20.5. The van der Waals surface area contributed by atoms with E-state index in [9.17, 15) is 4.79 Å². The minimum Gasteiger partial charge on any atom is -0.372 e. The van der Waals surface area contributed by atoms with Gasteiger partial charge in [0.25, 0.3) is 5.91 Å². The first-order valence-corrected chi connectivity index (χ1v) is 8.23. The maximum absolute atomic E-state index is 12.3. The van der Waals surface area contributed by atoms with E-state index in [1.54, 1.807) is 29.4 Å². The second-order valence-corrected chi connectivity index (χ2v) is 6.12. The number of piperidine rings is 1. The number of rotatable bonds is 4. The molecule has 1 fully saturated rings. The van der Waals surface area contributed by atoms with Crippen molar-refractivity contribution in [1.29, 1.82) is 0 Å². The Balaban J connectivity index is 1.62. The highest BCUT2D eigenvalue weighted by Gasteiger charge is 2.13. The van der Waals surface area contributed by atoms with Crippen molar-refractivity contribution >= 4 is 11.6 Å². The lowest BCUT2D eigenvalue weighted by atomic mass is 10.1. The molecule has 1 saturated heterocycles. The Morgan fingerprint density at radius 2 is 1.87 bits per heavy atom. The van der Waals surface area contributed by atoms with Gasteiger partial charge in [-0.3, -0.25) is 9.78 Å². The predicted molar refractivity (Wildman–Crippen MR) is 92.5 cm³/mol. The van der Waals surface area contributed by atoms with Crippen LogP contribution < -0.4 is 4.90 Å². The average Bonchev–Trinajstić information content (AvgIpc) is 2.63. The lowest BCUT2D eigenvalue weighted by molar-refractivity contribution is 0.0784. The van der Waals surface area contributed by atoms with E-state index in [0.717, 1.165) is 18.7 Å². The van der Waals surface area contributed by atoms with Crippen molar-refractivity contribution in [3.8, 4) is 0 Å². The van der Waals surface area contributed by atoms with Crippen LogP contribution in [-0.2, 0) is 6.54 Å². The first kappa shape index (κ1) is 15.5. The van der Waals surface area contributed by atoms with Gasteiger partial charge in [-0.25, -0.2) is 0 Å². The second-order valence-electron chi connectivity index (χ2n) is 6.12. The van der Waals surface area contributed by atoms with Crippen molar-refractivity contribution in [2.45, 2.75) is 25.8 Å². The number of hydrogen-bond acceptors (Lipinski definition) is 3. The van der Waals surface area contributed by atoms with Gasteiger partial charge in [0, 0.05) is 44.8 Å². The van der Waals surface area contributed by atoms with Crippen LogP contribution in [0.4, 0.5) is 5.69 Å². The monoisotopic (exact) mass is 309 g/mol. The van der Waals surface area contributed by atoms with Crippen molar-refractivity contribution < 1.29 is 4.79 Å². The summed E-state index contributed by atoms with van der Waals surface area (Å²) in [6.45, 7) is 2.91. The molecule has 0 spiro atoms. The summed E-state index contributed by atoms with van der Waals surface area (Å²) in [5.41, 5.74) is 3.06. The third-order valence-corrected chi connectivity index (χ3v) is 4.33. The summed E-state index contributed by atoms with van der Waals surface area (Å²) in [7, 11) is 1.83. The molecule has 1 aliphatic heterocycles. The maximum Gasteiger partial charge on any atom is 0.255 e. The molecule has 0 radical (unpaired) electrons. The van der Waals surface area contributed by atoms with Crippen LogP contribution in [0.15, 0.2) is 48.8 Å². The van der Waals surface area contributed by atoms with Crippen molar-refractivity contribution in [2.75, 3.05) is 25.0 Å². The zero-order valence-electron chi connectivity index (χ0n) is 13.6. The molecule has 0 atom stereocenters. The summed E-state index contributed by atoms with van der Waals surface area (Å²) < 4.78 is 0.